The molecule has 0 unspecified atom stereocenters. The van der Waals surface area contributed by atoms with Gasteiger partial charge in [-0.25, -0.2) is 0 Å². The molecule has 1 heterocycles. The van der Waals surface area contributed by atoms with Crippen molar-refractivity contribution in [2.75, 3.05) is 18.8 Å². The highest BCUT2D eigenvalue weighted by Gasteiger charge is 2.24. The number of anilines is 1. The Morgan fingerprint density at radius 3 is 2.43 bits per heavy atom. The maximum absolute atomic E-state index is 12.2. The van der Waals surface area contributed by atoms with Gasteiger partial charge in [0.15, 0.2) is 0 Å². The third-order valence-corrected chi connectivity index (χ3v) is 3.97. The summed E-state index contributed by atoms with van der Waals surface area (Å²) in [6.45, 7) is 5.52. The molecular weight excluding hydrogens is 314 g/mol. The van der Waals surface area contributed by atoms with Crippen molar-refractivity contribution in [2.45, 2.75) is 39.2 Å². The molecule has 0 aromatic heterocycles. The highest BCUT2D eigenvalue weighted by molar-refractivity contribution is 5.99. The number of nitrogen functional groups attached to an aromatic ring is 1. The second-order valence-electron chi connectivity index (χ2n) is 6.31. The minimum atomic E-state index is -0.134. The summed E-state index contributed by atoms with van der Waals surface area (Å²) in [5.41, 5.74) is 6.83. The summed E-state index contributed by atoms with van der Waals surface area (Å²) in [6.07, 6.45) is 2.18. The van der Waals surface area contributed by atoms with Crippen LogP contribution in [0.25, 0.3) is 0 Å². The van der Waals surface area contributed by atoms with Crippen LogP contribution >= 0.6 is 12.4 Å². The Morgan fingerprint density at radius 2 is 1.87 bits per heavy atom. The normalized spacial score (nSPS) is 15.2. The minimum Gasteiger partial charge on any atom is -0.398 e. The molecular formula is C17H26ClN3O2. The van der Waals surface area contributed by atoms with E-state index in [9.17, 15) is 9.59 Å². The Hall–Kier alpha value is -1.75. The lowest BCUT2D eigenvalue weighted by atomic mass is 10.0. The van der Waals surface area contributed by atoms with Crippen molar-refractivity contribution >= 4 is 29.9 Å². The zero-order chi connectivity index (χ0) is 16.1. The second kappa shape index (κ2) is 8.77. The van der Waals surface area contributed by atoms with Crippen LogP contribution in [0.5, 0.6) is 0 Å². The second-order valence-corrected chi connectivity index (χ2v) is 6.31. The number of benzene rings is 1. The van der Waals surface area contributed by atoms with Crippen LogP contribution in [-0.4, -0.2) is 35.8 Å². The average molecular weight is 340 g/mol. The Balaban J connectivity index is 0.00000264. The summed E-state index contributed by atoms with van der Waals surface area (Å²) in [6, 6.07) is 7.17. The number of rotatable bonds is 4. The summed E-state index contributed by atoms with van der Waals surface area (Å²) in [7, 11) is 0. The molecule has 0 atom stereocenters. The molecule has 1 aliphatic rings. The Morgan fingerprint density at radius 1 is 1.26 bits per heavy atom. The smallest absolute Gasteiger partial charge is 0.253 e. The number of carbonyl (C=O) groups excluding carboxylic acids is 2. The van der Waals surface area contributed by atoms with Gasteiger partial charge in [-0.1, -0.05) is 26.0 Å². The molecule has 0 aliphatic carbocycles. The van der Waals surface area contributed by atoms with Gasteiger partial charge in [-0.05, 0) is 30.9 Å². The molecule has 1 aromatic rings. The fraction of sp³-hybridized carbons (Fsp3) is 0.529. The lowest BCUT2D eigenvalue weighted by Gasteiger charge is -2.33. The Labute approximate surface area is 144 Å². The first-order valence-electron chi connectivity index (χ1n) is 7.90. The SMILES string of the molecule is CC(C)CC(=O)N1CCC(NC(=O)c2ccccc2N)CC1.Cl. The van der Waals surface area contributed by atoms with Crippen LogP contribution in [0.15, 0.2) is 24.3 Å². The van der Waals surface area contributed by atoms with Crippen LogP contribution in [0.4, 0.5) is 5.69 Å². The topological polar surface area (TPSA) is 75.4 Å². The molecule has 1 aromatic carbocycles. The van der Waals surface area contributed by atoms with Crippen molar-refractivity contribution in [3.63, 3.8) is 0 Å². The van der Waals surface area contributed by atoms with E-state index in [1.807, 2.05) is 11.0 Å². The molecule has 0 radical (unpaired) electrons. The van der Waals surface area contributed by atoms with E-state index in [1.165, 1.54) is 0 Å². The monoisotopic (exact) mass is 339 g/mol. The predicted octanol–water partition coefficient (Wildman–Crippen LogP) is 2.46. The first-order chi connectivity index (χ1) is 10.5. The van der Waals surface area contributed by atoms with Crippen LogP contribution in [0.3, 0.4) is 0 Å². The zero-order valence-electron chi connectivity index (χ0n) is 13.7. The number of nitrogens with zero attached hydrogens (tertiary/aromatic N) is 1. The van der Waals surface area contributed by atoms with Gasteiger partial charge >= 0.3 is 0 Å². The molecule has 1 aliphatic heterocycles. The van der Waals surface area contributed by atoms with E-state index in [0.29, 0.717) is 36.7 Å². The van der Waals surface area contributed by atoms with Crippen LogP contribution in [0.2, 0.25) is 0 Å². The molecule has 23 heavy (non-hydrogen) atoms. The van der Waals surface area contributed by atoms with Gasteiger partial charge in [0.1, 0.15) is 0 Å². The standard InChI is InChI=1S/C17H25N3O2.ClH/c1-12(2)11-16(21)20-9-7-13(8-10-20)19-17(22)14-5-3-4-6-15(14)18;/h3-6,12-13H,7-11,18H2,1-2H3,(H,19,22);1H. The fourth-order valence-corrected chi connectivity index (χ4v) is 2.72. The van der Waals surface area contributed by atoms with Crippen molar-refractivity contribution in [3.05, 3.63) is 29.8 Å². The largest absolute Gasteiger partial charge is 0.398 e. The average Bonchev–Trinajstić information content (AvgIpc) is 2.47. The van der Waals surface area contributed by atoms with Gasteiger partial charge in [-0.2, -0.15) is 0 Å². The number of hydrogen-bond acceptors (Lipinski definition) is 3. The van der Waals surface area contributed by atoms with Gasteiger partial charge in [0.2, 0.25) is 5.91 Å². The number of halogens is 1. The highest BCUT2D eigenvalue weighted by Crippen LogP contribution is 2.15. The number of amides is 2. The number of para-hydroxylation sites is 1. The molecule has 6 heteroatoms. The number of piperidine rings is 1. The third-order valence-electron chi connectivity index (χ3n) is 3.97. The van der Waals surface area contributed by atoms with E-state index < -0.39 is 0 Å². The van der Waals surface area contributed by atoms with Crippen LogP contribution < -0.4 is 11.1 Å². The third kappa shape index (κ3) is 5.43. The van der Waals surface area contributed by atoms with Gasteiger partial charge in [-0.15, -0.1) is 12.4 Å². The number of nitrogens with two attached hydrogens (primary N) is 1. The van der Waals surface area contributed by atoms with Gasteiger partial charge in [0.05, 0.1) is 5.56 Å². The van der Waals surface area contributed by atoms with Gasteiger partial charge < -0.3 is 16.0 Å². The molecule has 0 bridgehead atoms. The molecule has 2 rings (SSSR count). The highest BCUT2D eigenvalue weighted by atomic mass is 35.5. The van der Waals surface area contributed by atoms with E-state index in [0.717, 1.165) is 12.8 Å². The number of carbonyl (C=O) groups is 2. The molecule has 3 N–H and O–H groups in total. The van der Waals surface area contributed by atoms with Crippen molar-refractivity contribution in [3.8, 4) is 0 Å². The molecule has 0 saturated carbocycles. The summed E-state index contributed by atoms with van der Waals surface area (Å²) in [4.78, 5) is 26.2. The quantitative estimate of drug-likeness (QED) is 0.827. The van der Waals surface area contributed by atoms with E-state index in [2.05, 4.69) is 19.2 Å². The molecule has 1 fully saturated rings. The first kappa shape index (κ1) is 19.3. The van der Waals surface area contributed by atoms with Gasteiger partial charge in [-0.3, -0.25) is 9.59 Å². The lowest BCUT2D eigenvalue weighted by Crippen LogP contribution is -2.46. The van der Waals surface area contributed by atoms with Crippen molar-refractivity contribution < 1.29 is 9.59 Å². The van der Waals surface area contributed by atoms with Crippen molar-refractivity contribution in [1.29, 1.82) is 0 Å². The van der Waals surface area contributed by atoms with Crippen molar-refractivity contribution in [1.82, 2.24) is 10.2 Å². The molecule has 128 valence electrons. The lowest BCUT2D eigenvalue weighted by molar-refractivity contribution is -0.133. The number of likely N-dealkylation sites (tertiary alicyclic amines) is 1. The summed E-state index contributed by atoms with van der Waals surface area (Å²) in [5, 5.41) is 3.02. The number of nitrogens with one attached hydrogen (secondary N) is 1. The molecule has 2 amide bonds. The fourth-order valence-electron chi connectivity index (χ4n) is 2.72. The molecule has 0 spiro atoms. The van der Waals surface area contributed by atoms with Gasteiger partial charge in [0.25, 0.3) is 5.91 Å². The van der Waals surface area contributed by atoms with E-state index in [1.54, 1.807) is 18.2 Å². The van der Waals surface area contributed by atoms with Crippen LogP contribution in [0, 0.1) is 5.92 Å². The predicted molar refractivity (Wildman–Crippen MR) is 94.6 cm³/mol. The van der Waals surface area contributed by atoms with E-state index in [4.69, 9.17) is 5.73 Å². The van der Waals surface area contributed by atoms with Crippen molar-refractivity contribution in [2.24, 2.45) is 5.92 Å². The zero-order valence-corrected chi connectivity index (χ0v) is 14.6. The Kier molecular flexibility index (Phi) is 7.36. The number of hydrogen-bond donors (Lipinski definition) is 2. The van der Waals surface area contributed by atoms with Crippen LogP contribution in [0.1, 0.15) is 43.5 Å². The first-order valence-corrected chi connectivity index (χ1v) is 7.90. The molecule has 5 nitrogen and oxygen atoms in total. The van der Waals surface area contributed by atoms with Crippen LogP contribution in [-0.2, 0) is 4.79 Å². The maximum Gasteiger partial charge on any atom is 0.253 e. The summed E-state index contributed by atoms with van der Waals surface area (Å²) >= 11 is 0. The Bertz CT molecular complexity index is 540. The maximum atomic E-state index is 12.2. The van der Waals surface area contributed by atoms with E-state index in [-0.39, 0.29) is 30.3 Å². The van der Waals surface area contributed by atoms with E-state index >= 15 is 0 Å². The summed E-state index contributed by atoms with van der Waals surface area (Å²) in [5.74, 6) is 0.461. The molecule has 1 saturated heterocycles. The summed E-state index contributed by atoms with van der Waals surface area (Å²) < 4.78 is 0. The van der Waals surface area contributed by atoms with Gasteiger partial charge in [0, 0.05) is 31.2 Å². The minimum absolute atomic E-state index is 0.